The summed E-state index contributed by atoms with van der Waals surface area (Å²) < 4.78 is 5.53. The highest BCUT2D eigenvalue weighted by atomic mass is 35.5. The Morgan fingerprint density at radius 3 is 2.42 bits per heavy atom. The number of ether oxygens (including phenoxy) is 1. The highest BCUT2D eigenvalue weighted by molar-refractivity contribution is 6.30. The van der Waals surface area contributed by atoms with Crippen LogP contribution in [0.15, 0.2) is 61.2 Å². The molecule has 26 heavy (non-hydrogen) atoms. The second kappa shape index (κ2) is 9.03. The van der Waals surface area contributed by atoms with E-state index in [1.807, 2.05) is 36.4 Å². The third-order valence-corrected chi connectivity index (χ3v) is 3.82. The molecular formula is C19H17ClN4O2. The van der Waals surface area contributed by atoms with Crippen molar-refractivity contribution in [3.63, 3.8) is 0 Å². The molecule has 3 rings (SSSR count). The molecule has 0 aliphatic rings. The summed E-state index contributed by atoms with van der Waals surface area (Å²) >= 11 is 5.83. The number of carbonyl (C=O) groups excluding carboxylic acids is 1. The molecule has 3 aromatic rings. The Morgan fingerprint density at radius 2 is 1.73 bits per heavy atom. The maximum atomic E-state index is 12.1. The number of halogens is 1. The Bertz CT molecular complexity index is 840. The fourth-order valence-corrected chi connectivity index (χ4v) is 2.33. The van der Waals surface area contributed by atoms with E-state index in [1.165, 1.54) is 12.4 Å². The Hall–Kier alpha value is -2.83. The molecule has 7 heteroatoms. The fourth-order valence-electron chi connectivity index (χ4n) is 2.20. The van der Waals surface area contributed by atoms with Gasteiger partial charge >= 0.3 is 0 Å². The van der Waals surface area contributed by atoms with E-state index in [2.05, 4.69) is 20.3 Å². The van der Waals surface area contributed by atoms with Crippen LogP contribution in [-0.4, -0.2) is 34.0 Å². The first-order chi connectivity index (χ1) is 12.7. The van der Waals surface area contributed by atoms with Gasteiger partial charge < -0.3 is 10.1 Å². The van der Waals surface area contributed by atoms with E-state index in [9.17, 15) is 4.79 Å². The molecule has 0 aliphatic heterocycles. The molecule has 6 nitrogen and oxygen atoms in total. The average molecular weight is 369 g/mol. The standard InChI is InChI=1S/C19H17ClN4O2/c20-17-3-1-14(2-4-17)13-26-10-9-22-19(25)16-11-23-18(24-12-16)15-5-7-21-8-6-15/h1-8,11-12H,9-10,13H2,(H,22,25). The van der Waals surface area contributed by atoms with Crippen molar-refractivity contribution in [1.29, 1.82) is 0 Å². The van der Waals surface area contributed by atoms with Crippen LogP contribution in [0.4, 0.5) is 0 Å². The predicted octanol–water partition coefficient (Wildman–Crippen LogP) is 3.14. The van der Waals surface area contributed by atoms with Gasteiger partial charge in [-0.1, -0.05) is 23.7 Å². The zero-order valence-electron chi connectivity index (χ0n) is 13.9. The normalized spacial score (nSPS) is 10.5. The highest BCUT2D eigenvalue weighted by Gasteiger charge is 2.07. The molecule has 0 radical (unpaired) electrons. The zero-order chi connectivity index (χ0) is 18.2. The number of hydrogen-bond acceptors (Lipinski definition) is 5. The van der Waals surface area contributed by atoms with Crippen molar-refractivity contribution in [2.24, 2.45) is 0 Å². The van der Waals surface area contributed by atoms with Crippen molar-refractivity contribution in [2.45, 2.75) is 6.61 Å². The lowest BCUT2D eigenvalue weighted by atomic mass is 10.2. The zero-order valence-corrected chi connectivity index (χ0v) is 14.7. The number of rotatable bonds is 7. The van der Waals surface area contributed by atoms with Crippen LogP contribution in [0.3, 0.4) is 0 Å². The summed E-state index contributed by atoms with van der Waals surface area (Å²) in [6, 6.07) is 11.1. The van der Waals surface area contributed by atoms with Crippen LogP contribution in [0, 0.1) is 0 Å². The molecule has 0 atom stereocenters. The number of benzene rings is 1. The molecule has 0 spiro atoms. The minimum absolute atomic E-state index is 0.235. The molecule has 0 bridgehead atoms. The molecule has 0 unspecified atom stereocenters. The third kappa shape index (κ3) is 5.08. The first-order valence-electron chi connectivity index (χ1n) is 8.05. The van der Waals surface area contributed by atoms with Crippen molar-refractivity contribution in [3.05, 3.63) is 77.3 Å². The molecular weight excluding hydrogens is 352 g/mol. The molecule has 1 amide bonds. The topological polar surface area (TPSA) is 77.0 Å². The van der Waals surface area contributed by atoms with E-state index < -0.39 is 0 Å². The van der Waals surface area contributed by atoms with Crippen LogP contribution in [0.1, 0.15) is 15.9 Å². The summed E-state index contributed by atoms with van der Waals surface area (Å²) in [6.45, 7) is 1.28. The van der Waals surface area contributed by atoms with Gasteiger partial charge in [0, 0.05) is 41.9 Å². The van der Waals surface area contributed by atoms with Gasteiger partial charge in [0.2, 0.25) is 0 Å². The Morgan fingerprint density at radius 1 is 1.04 bits per heavy atom. The number of nitrogens with one attached hydrogen (secondary N) is 1. The summed E-state index contributed by atoms with van der Waals surface area (Å²) in [7, 11) is 0. The van der Waals surface area contributed by atoms with E-state index in [1.54, 1.807) is 12.4 Å². The first kappa shape index (κ1) is 18.0. The fraction of sp³-hybridized carbons (Fsp3) is 0.158. The summed E-state index contributed by atoms with van der Waals surface area (Å²) in [5.74, 6) is 0.316. The Balaban J connectivity index is 1.42. The van der Waals surface area contributed by atoms with Crippen molar-refractivity contribution >= 4 is 17.5 Å². The number of aromatic nitrogens is 3. The summed E-state index contributed by atoms with van der Waals surface area (Å²) in [5, 5.41) is 3.47. The minimum Gasteiger partial charge on any atom is -0.375 e. The summed E-state index contributed by atoms with van der Waals surface area (Å²) in [4.78, 5) is 24.5. The molecule has 2 aromatic heterocycles. The van der Waals surface area contributed by atoms with Gasteiger partial charge in [-0.25, -0.2) is 9.97 Å². The van der Waals surface area contributed by atoms with Gasteiger partial charge in [-0.3, -0.25) is 9.78 Å². The molecule has 0 saturated carbocycles. The lowest BCUT2D eigenvalue weighted by Crippen LogP contribution is -2.27. The largest absolute Gasteiger partial charge is 0.375 e. The number of amides is 1. The minimum atomic E-state index is -0.235. The maximum Gasteiger partial charge on any atom is 0.254 e. The second-order valence-electron chi connectivity index (χ2n) is 5.47. The van der Waals surface area contributed by atoms with Crippen LogP contribution < -0.4 is 5.32 Å². The van der Waals surface area contributed by atoms with Crippen LogP contribution in [0.5, 0.6) is 0 Å². The van der Waals surface area contributed by atoms with E-state index >= 15 is 0 Å². The van der Waals surface area contributed by atoms with Gasteiger partial charge in [0.1, 0.15) is 0 Å². The number of carbonyl (C=O) groups is 1. The Labute approximate surface area is 156 Å². The molecule has 1 N–H and O–H groups in total. The monoisotopic (exact) mass is 368 g/mol. The molecule has 1 aromatic carbocycles. The SMILES string of the molecule is O=C(NCCOCc1ccc(Cl)cc1)c1cnc(-c2ccncc2)nc1. The van der Waals surface area contributed by atoms with Crippen molar-refractivity contribution in [2.75, 3.05) is 13.2 Å². The van der Waals surface area contributed by atoms with Crippen LogP contribution in [-0.2, 0) is 11.3 Å². The maximum absolute atomic E-state index is 12.1. The van der Waals surface area contributed by atoms with Gasteiger partial charge in [-0.15, -0.1) is 0 Å². The van der Waals surface area contributed by atoms with Crippen molar-refractivity contribution in [3.8, 4) is 11.4 Å². The molecule has 0 saturated heterocycles. The molecule has 2 heterocycles. The van der Waals surface area contributed by atoms with E-state index in [4.69, 9.17) is 16.3 Å². The quantitative estimate of drug-likeness (QED) is 0.648. The van der Waals surface area contributed by atoms with Gasteiger partial charge in [-0.05, 0) is 29.8 Å². The van der Waals surface area contributed by atoms with E-state index in [0.29, 0.717) is 36.2 Å². The Kier molecular flexibility index (Phi) is 6.24. The van der Waals surface area contributed by atoms with Crippen LogP contribution in [0.2, 0.25) is 5.02 Å². The lowest BCUT2D eigenvalue weighted by Gasteiger charge is -2.07. The smallest absolute Gasteiger partial charge is 0.254 e. The lowest BCUT2D eigenvalue weighted by molar-refractivity contribution is 0.0900. The van der Waals surface area contributed by atoms with Crippen molar-refractivity contribution in [1.82, 2.24) is 20.3 Å². The first-order valence-corrected chi connectivity index (χ1v) is 8.43. The highest BCUT2D eigenvalue weighted by Crippen LogP contribution is 2.12. The van der Waals surface area contributed by atoms with E-state index in [0.717, 1.165) is 11.1 Å². The van der Waals surface area contributed by atoms with Gasteiger partial charge in [0.25, 0.3) is 5.91 Å². The molecule has 132 valence electrons. The van der Waals surface area contributed by atoms with Gasteiger partial charge in [-0.2, -0.15) is 0 Å². The average Bonchev–Trinajstić information content (AvgIpc) is 2.70. The van der Waals surface area contributed by atoms with Crippen LogP contribution in [0.25, 0.3) is 11.4 Å². The molecule has 0 fully saturated rings. The van der Waals surface area contributed by atoms with E-state index in [-0.39, 0.29) is 5.91 Å². The van der Waals surface area contributed by atoms with Crippen molar-refractivity contribution < 1.29 is 9.53 Å². The predicted molar refractivity (Wildman–Crippen MR) is 98.7 cm³/mol. The molecule has 0 aliphatic carbocycles. The number of pyridine rings is 1. The van der Waals surface area contributed by atoms with Gasteiger partial charge in [0.05, 0.1) is 18.8 Å². The number of nitrogens with zero attached hydrogens (tertiary/aromatic N) is 3. The summed E-state index contributed by atoms with van der Waals surface area (Å²) in [5.41, 5.74) is 2.28. The second-order valence-corrected chi connectivity index (χ2v) is 5.90. The van der Waals surface area contributed by atoms with Crippen LogP contribution >= 0.6 is 11.6 Å². The third-order valence-electron chi connectivity index (χ3n) is 3.57. The summed E-state index contributed by atoms with van der Waals surface area (Å²) in [6.07, 6.45) is 6.35. The van der Waals surface area contributed by atoms with Gasteiger partial charge in [0.15, 0.2) is 5.82 Å². The number of hydrogen-bond donors (Lipinski definition) is 1.